The van der Waals surface area contributed by atoms with Crippen molar-refractivity contribution < 1.29 is 38.9 Å². The summed E-state index contributed by atoms with van der Waals surface area (Å²) in [6.07, 6.45) is -0.741. The maximum atomic E-state index is 11.9. The highest BCUT2D eigenvalue weighted by molar-refractivity contribution is 5.91. The van der Waals surface area contributed by atoms with Gasteiger partial charge in [0.05, 0.1) is 5.56 Å². The van der Waals surface area contributed by atoms with Gasteiger partial charge in [0.15, 0.2) is 0 Å². The van der Waals surface area contributed by atoms with Crippen LogP contribution in [0.1, 0.15) is 28.8 Å². The van der Waals surface area contributed by atoms with Crippen LogP contribution in [0.15, 0.2) is 24.3 Å². The lowest BCUT2D eigenvalue weighted by Gasteiger charge is -2.10. The van der Waals surface area contributed by atoms with Crippen molar-refractivity contribution in [2.24, 2.45) is 0 Å². The zero-order chi connectivity index (χ0) is 18.7. The molecule has 0 aliphatic carbocycles. The third-order valence-electron chi connectivity index (χ3n) is 2.78. The van der Waals surface area contributed by atoms with Gasteiger partial charge >= 0.3 is 18.0 Å². The summed E-state index contributed by atoms with van der Waals surface area (Å²) < 4.78 is 9.35. The van der Waals surface area contributed by atoms with Crippen molar-refractivity contribution in [3.63, 3.8) is 0 Å². The third kappa shape index (κ3) is 8.16. The Bertz CT molecular complexity index is 632. The zero-order valence-electron chi connectivity index (χ0n) is 13.0. The molecular formula is C14H16N2O9. The van der Waals surface area contributed by atoms with Crippen LogP contribution in [-0.4, -0.2) is 41.6 Å². The van der Waals surface area contributed by atoms with Gasteiger partial charge in [0.2, 0.25) is 6.79 Å². The molecule has 0 atom stereocenters. The highest BCUT2D eigenvalue weighted by Crippen LogP contribution is 2.11. The van der Waals surface area contributed by atoms with Crippen molar-refractivity contribution >= 4 is 18.0 Å². The summed E-state index contributed by atoms with van der Waals surface area (Å²) in [5, 5.41) is 19.9. The number of amides is 1. The first-order valence-corrected chi connectivity index (χ1v) is 7.05. The lowest BCUT2D eigenvalue weighted by molar-refractivity contribution is -0.763. The summed E-state index contributed by atoms with van der Waals surface area (Å²) in [7, 11) is 0. The number of benzene rings is 1. The molecule has 0 aliphatic rings. The maximum absolute atomic E-state index is 11.9. The normalized spacial score (nSPS) is 9.76. The Labute approximate surface area is 141 Å². The molecule has 11 heteroatoms. The molecule has 0 saturated carbocycles. The zero-order valence-corrected chi connectivity index (χ0v) is 13.0. The fraction of sp³-hybridized carbons (Fsp3) is 0.357. The molecule has 0 aromatic heterocycles. The maximum Gasteiger partial charge on any atom is 0.410 e. The monoisotopic (exact) mass is 356 g/mol. The topological polar surface area (TPSA) is 154 Å². The minimum atomic E-state index is -0.986. The number of carbonyl (C=O) groups is 3. The lowest BCUT2D eigenvalue weighted by Crippen LogP contribution is -2.27. The van der Waals surface area contributed by atoms with Crippen LogP contribution in [-0.2, 0) is 25.7 Å². The molecule has 0 fully saturated rings. The molecule has 2 N–H and O–H groups in total. The third-order valence-corrected chi connectivity index (χ3v) is 2.78. The van der Waals surface area contributed by atoms with E-state index in [9.17, 15) is 24.5 Å². The van der Waals surface area contributed by atoms with Crippen molar-refractivity contribution in [2.75, 3.05) is 13.3 Å². The molecule has 11 nitrogen and oxygen atoms in total. The van der Waals surface area contributed by atoms with Crippen LogP contribution in [0.2, 0.25) is 0 Å². The molecule has 0 bridgehead atoms. The number of carbonyl (C=O) groups excluding carboxylic acids is 2. The van der Waals surface area contributed by atoms with Crippen LogP contribution in [0.3, 0.4) is 0 Å². The van der Waals surface area contributed by atoms with Crippen molar-refractivity contribution in [3.05, 3.63) is 45.5 Å². The van der Waals surface area contributed by atoms with Gasteiger partial charge in [0.1, 0.15) is 6.61 Å². The lowest BCUT2D eigenvalue weighted by atomic mass is 10.1. The molecule has 0 radical (unpaired) electrons. The number of carboxylic acid groups (broad SMARTS) is 1. The molecule has 1 amide bonds. The average Bonchev–Trinajstić information content (AvgIpc) is 2.57. The van der Waals surface area contributed by atoms with Crippen molar-refractivity contribution in [1.82, 2.24) is 5.32 Å². The number of aliphatic carboxylic acids is 1. The first-order valence-electron chi connectivity index (χ1n) is 7.05. The molecule has 0 saturated heterocycles. The van der Waals surface area contributed by atoms with Crippen LogP contribution in [0.4, 0.5) is 4.79 Å². The Hall–Kier alpha value is -3.37. The number of ether oxygens (including phenoxy) is 2. The number of rotatable bonds is 10. The van der Waals surface area contributed by atoms with Gasteiger partial charge in [-0.3, -0.25) is 4.79 Å². The van der Waals surface area contributed by atoms with Gasteiger partial charge in [0.25, 0.3) is 5.09 Å². The van der Waals surface area contributed by atoms with Gasteiger partial charge < -0.3 is 24.7 Å². The summed E-state index contributed by atoms with van der Waals surface area (Å²) in [4.78, 5) is 47.9. The van der Waals surface area contributed by atoms with Crippen molar-refractivity contribution in [3.8, 4) is 0 Å². The first-order chi connectivity index (χ1) is 11.9. The quantitative estimate of drug-likeness (QED) is 0.206. The fourth-order valence-electron chi connectivity index (χ4n) is 1.66. The second-order valence-electron chi connectivity index (χ2n) is 4.56. The van der Waals surface area contributed by atoms with Gasteiger partial charge in [-0.2, -0.15) is 0 Å². The molecular weight excluding hydrogens is 340 g/mol. The van der Waals surface area contributed by atoms with E-state index in [2.05, 4.69) is 14.9 Å². The Balaban J connectivity index is 2.38. The van der Waals surface area contributed by atoms with Crippen molar-refractivity contribution in [2.45, 2.75) is 19.4 Å². The minimum Gasteiger partial charge on any atom is -0.481 e. The van der Waals surface area contributed by atoms with Gasteiger partial charge in [-0.15, -0.1) is 10.1 Å². The van der Waals surface area contributed by atoms with Gasteiger partial charge in [-0.25, -0.2) is 9.59 Å². The number of carboxylic acids is 1. The van der Waals surface area contributed by atoms with Crippen LogP contribution < -0.4 is 5.32 Å². The van der Waals surface area contributed by atoms with Gasteiger partial charge in [-0.1, -0.05) is 18.2 Å². The predicted molar refractivity (Wildman–Crippen MR) is 79.9 cm³/mol. The number of esters is 1. The SMILES string of the molecule is O=C(O)CCCNC(=O)OCOC(=O)c1ccccc1CO[N+](=O)[O-]. The van der Waals surface area contributed by atoms with E-state index in [0.717, 1.165) is 0 Å². The van der Waals surface area contributed by atoms with Crippen LogP contribution in [0.5, 0.6) is 0 Å². The summed E-state index contributed by atoms with van der Waals surface area (Å²) in [6, 6.07) is 5.93. The summed E-state index contributed by atoms with van der Waals surface area (Å²) in [6.45, 7) is -1.00. The summed E-state index contributed by atoms with van der Waals surface area (Å²) in [5.74, 6) is -1.83. The van der Waals surface area contributed by atoms with Gasteiger partial charge in [0, 0.05) is 13.0 Å². The molecule has 0 unspecified atom stereocenters. The molecule has 0 aliphatic heterocycles. The van der Waals surface area contributed by atoms with Crippen LogP contribution in [0.25, 0.3) is 0 Å². The molecule has 1 aromatic carbocycles. The number of hydrogen-bond donors (Lipinski definition) is 2. The number of nitrogens with zero attached hydrogens (tertiary/aromatic N) is 1. The van der Waals surface area contributed by atoms with E-state index in [4.69, 9.17) is 9.84 Å². The number of nitrogens with one attached hydrogen (secondary N) is 1. The van der Waals surface area contributed by atoms with E-state index in [1.54, 1.807) is 6.07 Å². The standard InChI is InChI=1S/C14H16N2O9/c17-12(18)6-3-7-15-14(20)24-9-23-13(19)11-5-2-1-4-10(11)8-25-16(21)22/h1-2,4-5H,3,6-9H2,(H,15,20)(H,17,18). The Morgan fingerprint density at radius 3 is 2.60 bits per heavy atom. The predicted octanol–water partition coefficient (Wildman–Crippen LogP) is 1.10. The second kappa shape index (κ2) is 10.4. The van der Waals surface area contributed by atoms with E-state index in [0.29, 0.717) is 0 Å². The Morgan fingerprint density at radius 2 is 1.92 bits per heavy atom. The first kappa shape index (κ1) is 19.7. The van der Waals surface area contributed by atoms with E-state index in [1.807, 2.05) is 0 Å². The molecule has 1 rings (SSSR count). The Kier molecular flexibility index (Phi) is 8.20. The molecule has 25 heavy (non-hydrogen) atoms. The fourth-order valence-corrected chi connectivity index (χ4v) is 1.66. The number of alkyl carbamates (subject to hydrolysis) is 1. The number of hydrogen-bond acceptors (Lipinski definition) is 8. The van der Waals surface area contributed by atoms with E-state index < -0.39 is 36.5 Å². The highest BCUT2D eigenvalue weighted by Gasteiger charge is 2.14. The van der Waals surface area contributed by atoms with Gasteiger partial charge in [-0.05, 0) is 18.1 Å². The molecule has 0 heterocycles. The van der Waals surface area contributed by atoms with Crippen LogP contribution >= 0.6 is 0 Å². The minimum absolute atomic E-state index is 0.0369. The molecule has 1 aromatic rings. The largest absolute Gasteiger partial charge is 0.481 e. The average molecular weight is 356 g/mol. The Morgan fingerprint density at radius 1 is 1.20 bits per heavy atom. The van der Waals surface area contributed by atoms with Crippen molar-refractivity contribution in [1.29, 1.82) is 0 Å². The summed E-state index contributed by atoms with van der Waals surface area (Å²) >= 11 is 0. The van der Waals surface area contributed by atoms with E-state index >= 15 is 0 Å². The second-order valence-corrected chi connectivity index (χ2v) is 4.56. The molecule has 136 valence electrons. The molecule has 0 spiro atoms. The van der Waals surface area contributed by atoms with E-state index in [-0.39, 0.29) is 30.5 Å². The smallest absolute Gasteiger partial charge is 0.410 e. The van der Waals surface area contributed by atoms with Crippen LogP contribution in [0, 0.1) is 10.1 Å². The van der Waals surface area contributed by atoms with E-state index in [1.165, 1.54) is 18.2 Å². The summed E-state index contributed by atoms with van der Waals surface area (Å²) in [5.41, 5.74) is 0.275. The highest BCUT2D eigenvalue weighted by atomic mass is 16.9.